The molecule has 1 saturated heterocycles. The highest BCUT2D eigenvalue weighted by Crippen LogP contribution is 2.41. The third kappa shape index (κ3) is 4.50. The van der Waals surface area contributed by atoms with E-state index in [1.165, 1.54) is 16.8 Å². The number of alkyl halides is 3. The minimum absolute atomic E-state index is 0.0132. The van der Waals surface area contributed by atoms with Crippen LogP contribution in [0.1, 0.15) is 29.4 Å². The van der Waals surface area contributed by atoms with Crippen molar-refractivity contribution in [3.63, 3.8) is 0 Å². The maximum Gasteiger partial charge on any atom is 0.334 e. The summed E-state index contributed by atoms with van der Waals surface area (Å²) < 4.78 is 51.4. The van der Waals surface area contributed by atoms with Crippen molar-refractivity contribution in [1.29, 1.82) is 0 Å². The molecule has 0 aliphatic carbocycles. The topological polar surface area (TPSA) is 88.3 Å². The van der Waals surface area contributed by atoms with Crippen LogP contribution in [-0.4, -0.2) is 62.9 Å². The molecule has 0 saturated carbocycles. The Morgan fingerprint density at radius 3 is 2.62 bits per heavy atom. The summed E-state index contributed by atoms with van der Waals surface area (Å²) in [5.41, 5.74) is 1.81. The number of benzene rings is 2. The molecule has 0 bridgehead atoms. The molecule has 13 heteroatoms. The van der Waals surface area contributed by atoms with Gasteiger partial charge in [0.1, 0.15) is 11.7 Å². The molecule has 2 atom stereocenters. The Hall–Kier alpha value is -3.35. The van der Waals surface area contributed by atoms with E-state index in [-0.39, 0.29) is 50.5 Å². The summed E-state index contributed by atoms with van der Waals surface area (Å²) in [5.74, 6) is -1.31. The van der Waals surface area contributed by atoms with Gasteiger partial charge in [-0.25, -0.2) is 18.0 Å². The van der Waals surface area contributed by atoms with Crippen LogP contribution in [-0.2, 0) is 22.5 Å². The number of aromatic nitrogens is 4. The number of hydrogen-bond donors (Lipinski definition) is 2. The molecule has 39 heavy (non-hydrogen) atoms. The van der Waals surface area contributed by atoms with Crippen molar-refractivity contribution in [2.45, 2.75) is 31.6 Å². The van der Waals surface area contributed by atoms with Crippen LogP contribution in [0.3, 0.4) is 0 Å². The third-order valence-corrected chi connectivity index (χ3v) is 7.90. The molecule has 4 heterocycles. The van der Waals surface area contributed by atoms with Crippen molar-refractivity contribution in [2.75, 3.05) is 31.2 Å². The van der Waals surface area contributed by atoms with Gasteiger partial charge in [-0.3, -0.25) is 4.68 Å². The zero-order valence-electron chi connectivity index (χ0n) is 20.4. The molecular formula is C26H23ClF3N5O3S. The van der Waals surface area contributed by atoms with Gasteiger partial charge in [-0.15, -0.1) is 0 Å². The molecule has 2 aromatic heterocycles. The standard InChI is InChI=1S/C26H23ClF3N5O3S/c27-18-10-16(13-1-3-15(4-2-13)33-5-7-38-8-6-33)20(24(29)30)21-17(18)12-35(32-21)23(25(36)37)22-19-9-14(28)11-34(19)26(39)31-22/h1-4,10,12,14,23-24H,5-9,11H2,(H,31,39)(H,36,37). The maximum atomic E-state index is 14.6. The van der Waals surface area contributed by atoms with Gasteiger partial charge in [-0.1, -0.05) is 23.7 Å². The van der Waals surface area contributed by atoms with Crippen LogP contribution in [0.25, 0.3) is 22.0 Å². The van der Waals surface area contributed by atoms with Crippen molar-refractivity contribution in [3.05, 3.63) is 63.3 Å². The average Bonchev–Trinajstić information content (AvgIpc) is 3.59. The van der Waals surface area contributed by atoms with E-state index in [2.05, 4.69) is 15.0 Å². The summed E-state index contributed by atoms with van der Waals surface area (Å²) in [5, 5.41) is 14.8. The number of rotatable bonds is 6. The summed E-state index contributed by atoms with van der Waals surface area (Å²) >= 11 is 11.8. The monoisotopic (exact) mass is 577 g/mol. The van der Waals surface area contributed by atoms with E-state index in [1.54, 1.807) is 12.1 Å². The number of aliphatic carboxylic acids is 1. The largest absolute Gasteiger partial charge is 0.479 e. The predicted octanol–water partition coefficient (Wildman–Crippen LogP) is 5.56. The van der Waals surface area contributed by atoms with Crippen LogP contribution in [0.15, 0.2) is 36.5 Å². The number of anilines is 1. The van der Waals surface area contributed by atoms with E-state index in [9.17, 15) is 23.1 Å². The number of fused-ring (bicyclic) bond motifs is 2. The Balaban J connectivity index is 1.45. The number of hydrogen-bond acceptors (Lipinski definition) is 5. The fourth-order valence-corrected chi connectivity index (χ4v) is 5.99. The van der Waals surface area contributed by atoms with Gasteiger partial charge >= 0.3 is 5.97 Å². The number of nitrogens with one attached hydrogen (secondary N) is 1. The molecule has 2 aliphatic heterocycles. The van der Waals surface area contributed by atoms with Crippen molar-refractivity contribution < 1.29 is 27.8 Å². The molecule has 4 aromatic rings. The number of nitrogens with zero attached hydrogens (tertiary/aromatic N) is 4. The molecule has 2 unspecified atom stereocenters. The number of imidazole rings is 1. The van der Waals surface area contributed by atoms with E-state index in [4.69, 9.17) is 28.6 Å². The first-order valence-corrected chi connectivity index (χ1v) is 13.1. The van der Waals surface area contributed by atoms with Gasteiger partial charge in [0.05, 0.1) is 36.0 Å². The second kappa shape index (κ2) is 10.00. The number of carboxylic acid groups (broad SMARTS) is 1. The minimum Gasteiger partial charge on any atom is -0.479 e. The van der Waals surface area contributed by atoms with Gasteiger partial charge in [0, 0.05) is 42.5 Å². The lowest BCUT2D eigenvalue weighted by Crippen LogP contribution is -2.36. The van der Waals surface area contributed by atoms with Gasteiger partial charge < -0.3 is 24.3 Å². The summed E-state index contributed by atoms with van der Waals surface area (Å²) in [6.45, 7) is 2.74. The highest BCUT2D eigenvalue weighted by atomic mass is 35.5. The molecule has 0 amide bonds. The molecule has 0 spiro atoms. The van der Waals surface area contributed by atoms with Gasteiger partial charge in [-0.2, -0.15) is 5.10 Å². The molecule has 6 rings (SSSR count). The van der Waals surface area contributed by atoms with Gasteiger partial charge in [-0.05, 0) is 41.5 Å². The van der Waals surface area contributed by atoms with E-state index < -0.39 is 24.6 Å². The number of ether oxygens (including phenoxy) is 1. The van der Waals surface area contributed by atoms with Gasteiger partial charge in [0.2, 0.25) is 0 Å². The van der Waals surface area contributed by atoms with Crippen LogP contribution in [0.2, 0.25) is 5.02 Å². The predicted molar refractivity (Wildman–Crippen MR) is 142 cm³/mol. The quantitative estimate of drug-likeness (QED) is 0.292. The second-order valence-corrected chi connectivity index (χ2v) is 10.4. The third-order valence-electron chi connectivity index (χ3n) is 7.27. The average molecular weight is 578 g/mol. The SMILES string of the molecule is O=C(O)C(c1[nH]c(=S)n2c1CC(F)C2)n1cc2c(Cl)cc(-c3ccc(N4CCOCC4)cc3)c(C(F)F)c2n1. The maximum absolute atomic E-state index is 14.6. The molecule has 2 aliphatic rings. The first-order valence-electron chi connectivity index (χ1n) is 12.3. The summed E-state index contributed by atoms with van der Waals surface area (Å²) in [7, 11) is 0. The van der Waals surface area contributed by atoms with Crippen molar-refractivity contribution in [2.24, 2.45) is 0 Å². The fraction of sp³-hybridized carbons (Fsp3) is 0.346. The summed E-state index contributed by atoms with van der Waals surface area (Å²) in [4.78, 5) is 17.4. The zero-order chi connectivity index (χ0) is 27.4. The first-order chi connectivity index (χ1) is 18.7. The van der Waals surface area contributed by atoms with E-state index in [0.29, 0.717) is 24.5 Å². The number of H-pyrrole nitrogens is 1. The Kier molecular flexibility index (Phi) is 6.64. The van der Waals surface area contributed by atoms with Crippen molar-refractivity contribution in [3.8, 4) is 11.1 Å². The lowest BCUT2D eigenvalue weighted by Gasteiger charge is -2.29. The number of carboxylic acids is 1. The molecule has 2 aromatic carbocycles. The molecule has 1 fully saturated rings. The molecular weight excluding hydrogens is 555 g/mol. The van der Waals surface area contributed by atoms with Crippen LogP contribution in [0.5, 0.6) is 0 Å². The smallest absolute Gasteiger partial charge is 0.334 e. The Labute approximate surface area is 230 Å². The van der Waals surface area contributed by atoms with Crippen LogP contribution < -0.4 is 4.90 Å². The van der Waals surface area contributed by atoms with Crippen LogP contribution >= 0.6 is 23.8 Å². The molecule has 8 nitrogen and oxygen atoms in total. The first kappa shape index (κ1) is 25.9. The Morgan fingerprint density at radius 1 is 1.23 bits per heavy atom. The lowest BCUT2D eigenvalue weighted by molar-refractivity contribution is -0.139. The van der Waals surface area contributed by atoms with E-state index in [0.717, 1.165) is 23.5 Å². The second-order valence-electron chi connectivity index (χ2n) is 9.58. The number of aromatic amines is 1. The minimum atomic E-state index is -2.91. The van der Waals surface area contributed by atoms with Crippen molar-refractivity contribution in [1.82, 2.24) is 19.3 Å². The zero-order valence-corrected chi connectivity index (χ0v) is 22.0. The van der Waals surface area contributed by atoms with Gasteiger partial charge in [0.25, 0.3) is 6.43 Å². The van der Waals surface area contributed by atoms with Gasteiger partial charge in [0.15, 0.2) is 10.8 Å². The molecule has 204 valence electrons. The number of carbonyl (C=O) groups is 1. The highest BCUT2D eigenvalue weighted by molar-refractivity contribution is 7.71. The van der Waals surface area contributed by atoms with E-state index in [1.807, 2.05) is 12.1 Å². The summed E-state index contributed by atoms with van der Waals surface area (Å²) in [6.07, 6.45) is -2.79. The summed E-state index contributed by atoms with van der Waals surface area (Å²) in [6, 6.07) is 7.24. The number of halogens is 4. The Morgan fingerprint density at radius 2 is 1.95 bits per heavy atom. The molecule has 0 radical (unpaired) electrons. The highest BCUT2D eigenvalue weighted by Gasteiger charge is 2.35. The van der Waals surface area contributed by atoms with E-state index >= 15 is 0 Å². The Bertz CT molecular complexity index is 1630. The fourth-order valence-electron chi connectivity index (χ4n) is 5.44. The van der Waals surface area contributed by atoms with Crippen LogP contribution in [0.4, 0.5) is 18.9 Å². The van der Waals surface area contributed by atoms with Crippen molar-refractivity contribution >= 4 is 46.4 Å². The lowest BCUT2D eigenvalue weighted by atomic mass is 9.97. The van der Waals surface area contributed by atoms with Crippen LogP contribution in [0, 0.1) is 4.77 Å². The number of morpholine rings is 1. The normalized spacial score (nSPS) is 18.2. The molecule has 2 N–H and O–H groups in total.